The van der Waals surface area contributed by atoms with Crippen LogP contribution in [0.1, 0.15) is 30.8 Å². The van der Waals surface area contributed by atoms with Crippen molar-refractivity contribution >= 4 is 10.9 Å². The molecule has 0 aliphatic heterocycles. The zero-order valence-electron chi connectivity index (χ0n) is 14.5. The highest BCUT2D eigenvalue weighted by Gasteiger charge is 2.31. The first-order valence-corrected chi connectivity index (χ1v) is 8.40. The number of benzene rings is 2. The fraction of sp³-hybridized carbons (Fsp3) is 0.300. The molecule has 0 atom stereocenters. The van der Waals surface area contributed by atoms with Crippen LogP contribution in [0.5, 0.6) is 0 Å². The first-order valence-electron chi connectivity index (χ1n) is 8.40. The summed E-state index contributed by atoms with van der Waals surface area (Å²) in [6.07, 6.45) is -3.96. The van der Waals surface area contributed by atoms with Crippen molar-refractivity contribution in [2.45, 2.75) is 33.0 Å². The molecular weight excluding hydrogens is 341 g/mol. The predicted octanol–water partition coefficient (Wildman–Crippen LogP) is 4.66. The van der Waals surface area contributed by atoms with Gasteiger partial charge in [-0.2, -0.15) is 13.2 Å². The molecule has 1 aromatic heterocycles. The molecule has 2 aromatic carbocycles. The third-order valence-electron chi connectivity index (χ3n) is 4.14. The number of fused-ring (bicyclic) bond motifs is 1. The van der Waals surface area contributed by atoms with Crippen LogP contribution in [0.25, 0.3) is 10.9 Å². The van der Waals surface area contributed by atoms with Gasteiger partial charge in [-0.3, -0.25) is 9.36 Å². The highest BCUT2D eigenvalue weighted by atomic mass is 19.4. The smallest absolute Gasteiger partial charge is 0.292 e. The van der Waals surface area contributed by atoms with Gasteiger partial charge < -0.3 is 0 Å². The number of hydrogen-bond donors (Lipinski definition) is 0. The molecule has 26 heavy (non-hydrogen) atoms. The van der Waals surface area contributed by atoms with Gasteiger partial charge in [0.2, 0.25) is 0 Å². The maximum Gasteiger partial charge on any atom is 0.416 e. The van der Waals surface area contributed by atoms with Gasteiger partial charge in [0.05, 0.1) is 23.0 Å². The Balaban J connectivity index is 2.19. The third-order valence-corrected chi connectivity index (χ3v) is 4.14. The van der Waals surface area contributed by atoms with Crippen molar-refractivity contribution in [3.8, 4) is 0 Å². The van der Waals surface area contributed by atoms with Crippen LogP contribution in [-0.4, -0.2) is 9.55 Å². The van der Waals surface area contributed by atoms with E-state index in [1.54, 1.807) is 4.57 Å². The molecule has 0 N–H and O–H groups in total. The normalized spacial score (nSPS) is 12.1. The molecule has 1 heterocycles. The van der Waals surface area contributed by atoms with Crippen molar-refractivity contribution in [1.29, 1.82) is 0 Å². The molecule has 0 unspecified atom stereocenters. The number of alkyl halides is 3. The Labute approximate surface area is 149 Å². The second-order valence-electron chi connectivity index (χ2n) is 6.73. The maximum absolute atomic E-state index is 13.0. The minimum absolute atomic E-state index is 0.0878. The van der Waals surface area contributed by atoms with Crippen molar-refractivity contribution in [3.05, 3.63) is 75.8 Å². The Morgan fingerprint density at radius 2 is 1.77 bits per heavy atom. The van der Waals surface area contributed by atoms with E-state index in [-0.39, 0.29) is 22.4 Å². The molecule has 0 saturated heterocycles. The number of halogens is 3. The molecule has 0 fully saturated rings. The van der Waals surface area contributed by atoms with E-state index in [0.717, 1.165) is 17.7 Å². The van der Waals surface area contributed by atoms with Crippen LogP contribution in [0, 0.1) is 5.92 Å². The van der Waals surface area contributed by atoms with Crippen molar-refractivity contribution in [2.24, 2.45) is 5.92 Å². The van der Waals surface area contributed by atoms with Crippen molar-refractivity contribution < 1.29 is 13.2 Å². The van der Waals surface area contributed by atoms with E-state index in [2.05, 4.69) is 4.98 Å². The molecule has 0 aliphatic carbocycles. The Kier molecular flexibility index (Phi) is 4.85. The van der Waals surface area contributed by atoms with Crippen LogP contribution in [0.2, 0.25) is 0 Å². The lowest BCUT2D eigenvalue weighted by atomic mass is 10.1. The largest absolute Gasteiger partial charge is 0.416 e. The molecule has 6 heteroatoms. The molecular formula is C20H19F3N2O. The fourth-order valence-electron chi connectivity index (χ4n) is 2.89. The predicted molar refractivity (Wildman–Crippen MR) is 95.1 cm³/mol. The molecule has 136 valence electrons. The number of aromatic nitrogens is 2. The summed E-state index contributed by atoms with van der Waals surface area (Å²) < 4.78 is 40.5. The monoisotopic (exact) mass is 360 g/mol. The van der Waals surface area contributed by atoms with E-state index in [0.29, 0.717) is 18.8 Å². The lowest BCUT2D eigenvalue weighted by Gasteiger charge is -2.16. The highest BCUT2D eigenvalue weighted by molar-refractivity contribution is 5.78. The van der Waals surface area contributed by atoms with Gasteiger partial charge in [0.25, 0.3) is 5.56 Å². The Morgan fingerprint density at radius 3 is 2.38 bits per heavy atom. The summed E-state index contributed by atoms with van der Waals surface area (Å²) in [5, 5.41) is 0.196. The van der Waals surface area contributed by atoms with Crippen molar-refractivity contribution in [3.63, 3.8) is 0 Å². The van der Waals surface area contributed by atoms with Crippen LogP contribution >= 0.6 is 0 Å². The van der Waals surface area contributed by atoms with Gasteiger partial charge in [-0.15, -0.1) is 0 Å². The number of rotatable bonds is 4. The molecule has 0 bridgehead atoms. The average molecular weight is 360 g/mol. The second kappa shape index (κ2) is 6.94. The van der Waals surface area contributed by atoms with Gasteiger partial charge in [0.1, 0.15) is 5.82 Å². The molecule has 0 aliphatic rings. The maximum atomic E-state index is 13.0. The fourth-order valence-corrected chi connectivity index (χ4v) is 2.89. The Hall–Kier alpha value is -2.63. The first kappa shape index (κ1) is 18.2. The Bertz CT molecular complexity index is 976. The van der Waals surface area contributed by atoms with Crippen LogP contribution in [0.3, 0.4) is 0 Å². The molecule has 0 amide bonds. The van der Waals surface area contributed by atoms with Gasteiger partial charge in [-0.1, -0.05) is 44.2 Å². The van der Waals surface area contributed by atoms with Crippen LogP contribution in [-0.2, 0) is 19.1 Å². The molecule has 0 spiro atoms. The van der Waals surface area contributed by atoms with Crippen molar-refractivity contribution in [2.75, 3.05) is 0 Å². The third kappa shape index (κ3) is 3.79. The molecule has 0 saturated carbocycles. The van der Waals surface area contributed by atoms with E-state index in [4.69, 9.17) is 0 Å². The van der Waals surface area contributed by atoms with Crippen LogP contribution in [0.4, 0.5) is 13.2 Å². The van der Waals surface area contributed by atoms with E-state index in [1.807, 2.05) is 44.2 Å². The Morgan fingerprint density at radius 1 is 1.08 bits per heavy atom. The summed E-state index contributed by atoms with van der Waals surface area (Å²) in [5.74, 6) is 0.716. The van der Waals surface area contributed by atoms with E-state index in [1.165, 1.54) is 6.07 Å². The van der Waals surface area contributed by atoms with Crippen LogP contribution in [0.15, 0.2) is 53.3 Å². The quantitative estimate of drug-likeness (QED) is 0.678. The zero-order chi connectivity index (χ0) is 18.9. The SMILES string of the molecule is CC(C)Cc1nc2cc(C(F)(F)F)ccc2c(=O)n1Cc1ccccc1. The topological polar surface area (TPSA) is 34.9 Å². The summed E-state index contributed by atoms with van der Waals surface area (Å²) >= 11 is 0. The number of hydrogen-bond acceptors (Lipinski definition) is 2. The second-order valence-corrected chi connectivity index (χ2v) is 6.73. The van der Waals surface area contributed by atoms with Gasteiger partial charge in [0, 0.05) is 6.42 Å². The summed E-state index contributed by atoms with van der Waals surface area (Å²) in [6.45, 7) is 4.30. The highest BCUT2D eigenvalue weighted by Crippen LogP contribution is 2.30. The minimum atomic E-state index is -4.47. The van der Waals surface area contributed by atoms with E-state index < -0.39 is 11.7 Å². The van der Waals surface area contributed by atoms with E-state index in [9.17, 15) is 18.0 Å². The molecule has 3 rings (SSSR count). The van der Waals surface area contributed by atoms with E-state index >= 15 is 0 Å². The zero-order valence-corrected chi connectivity index (χ0v) is 14.5. The summed E-state index contributed by atoms with van der Waals surface area (Å²) in [5.41, 5.74) is -0.0890. The van der Waals surface area contributed by atoms with Gasteiger partial charge in [-0.25, -0.2) is 4.98 Å². The van der Waals surface area contributed by atoms with Gasteiger partial charge in [-0.05, 0) is 29.7 Å². The van der Waals surface area contributed by atoms with Gasteiger partial charge >= 0.3 is 6.18 Å². The standard InChI is InChI=1S/C20H19F3N2O/c1-13(2)10-18-24-17-11-15(20(21,22)23)8-9-16(17)19(26)25(18)12-14-6-4-3-5-7-14/h3-9,11,13H,10,12H2,1-2H3. The first-order chi connectivity index (χ1) is 12.3. The van der Waals surface area contributed by atoms with Gasteiger partial charge in [0.15, 0.2) is 0 Å². The average Bonchev–Trinajstić information content (AvgIpc) is 2.57. The lowest BCUT2D eigenvalue weighted by molar-refractivity contribution is -0.137. The molecule has 0 radical (unpaired) electrons. The lowest BCUT2D eigenvalue weighted by Crippen LogP contribution is -2.27. The number of nitrogens with zero attached hydrogens (tertiary/aromatic N) is 2. The summed E-state index contributed by atoms with van der Waals surface area (Å²) in [6, 6.07) is 12.6. The summed E-state index contributed by atoms with van der Waals surface area (Å²) in [4.78, 5) is 17.3. The van der Waals surface area contributed by atoms with Crippen molar-refractivity contribution in [1.82, 2.24) is 9.55 Å². The molecule has 3 aromatic rings. The molecule has 3 nitrogen and oxygen atoms in total. The summed E-state index contributed by atoms with van der Waals surface area (Å²) in [7, 11) is 0. The van der Waals surface area contributed by atoms with Crippen LogP contribution < -0.4 is 5.56 Å². The minimum Gasteiger partial charge on any atom is -0.292 e.